The summed E-state index contributed by atoms with van der Waals surface area (Å²) < 4.78 is 13.4. The largest absolute Gasteiger partial charge is 0.396 e. The Morgan fingerprint density at radius 2 is 1.76 bits per heavy atom. The average molecular weight is 645 g/mol. The zero-order valence-corrected chi connectivity index (χ0v) is 25.6. The molecule has 1 saturated carbocycles. The van der Waals surface area contributed by atoms with Crippen LogP contribution in [0.15, 0.2) is 61.2 Å². The first-order valence-electron chi connectivity index (χ1n) is 14.0. The molecule has 3 heterocycles. The molecule has 7 rings (SSSR count). The van der Waals surface area contributed by atoms with Crippen LogP contribution in [-0.2, 0) is 0 Å². The second-order valence-electron chi connectivity index (χ2n) is 11.8. The number of halogens is 5. The Balaban J connectivity index is 1.31. The summed E-state index contributed by atoms with van der Waals surface area (Å²) in [7, 11) is 0. The SMILES string of the molecule is C=C1c2c(F)cccc2B(C(Cl)(Cl)Cl)N1c1ccc(-c2cc(C(=O)N3CC(CO)C3)ccc2Cl)cc1N1CC2CC2C1. The predicted octanol–water partition coefficient (Wildman–Crippen LogP) is 6.27. The Hall–Kier alpha value is -2.42. The number of anilines is 2. The summed E-state index contributed by atoms with van der Waals surface area (Å²) >= 11 is 26.4. The third kappa shape index (κ3) is 4.69. The Kier molecular flexibility index (Phi) is 6.99. The van der Waals surface area contributed by atoms with Crippen LogP contribution in [0.1, 0.15) is 22.3 Å². The fourth-order valence-electron chi connectivity index (χ4n) is 6.75. The number of aliphatic hydroxyl groups is 1. The molecule has 2 unspecified atom stereocenters. The number of carbonyl (C=O) groups excluding carboxylic acids is 1. The predicted molar refractivity (Wildman–Crippen MR) is 171 cm³/mol. The number of hydrogen-bond donors (Lipinski definition) is 1. The minimum atomic E-state index is -1.77. The van der Waals surface area contributed by atoms with E-state index in [1.807, 2.05) is 23.0 Å². The van der Waals surface area contributed by atoms with E-state index in [2.05, 4.69) is 17.5 Å². The molecule has 0 aromatic heterocycles. The van der Waals surface area contributed by atoms with Gasteiger partial charge in [-0.3, -0.25) is 4.79 Å². The molecular weight excluding hydrogens is 618 g/mol. The van der Waals surface area contributed by atoms with Crippen LogP contribution < -0.4 is 15.2 Å². The molecule has 3 aliphatic heterocycles. The highest BCUT2D eigenvalue weighted by Gasteiger charge is 2.52. The van der Waals surface area contributed by atoms with Crippen molar-refractivity contribution in [3.63, 3.8) is 0 Å². The molecule has 1 aliphatic carbocycles. The second-order valence-corrected chi connectivity index (χ2v) is 14.6. The molecule has 4 aliphatic rings. The first-order chi connectivity index (χ1) is 20.0. The summed E-state index contributed by atoms with van der Waals surface area (Å²) in [5, 5.41) is 9.87. The number of amides is 1. The third-order valence-corrected chi connectivity index (χ3v) is 10.0. The van der Waals surface area contributed by atoms with Gasteiger partial charge in [0.2, 0.25) is 0 Å². The van der Waals surface area contributed by atoms with E-state index >= 15 is 4.39 Å². The minimum Gasteiger partial charge on any atom is -0.396 e. The van der Waals surface area contributed by atoms with E-state index < -0.39 is 16.4 Å². The molecule has 3 aromatic carbocycles. The van der Waals surface area contributed by atoms with Crippen LogP contribution in [0.25, 0.3) is 16.8 Å². The maximum absolute atomic E-state index is 15.1. The van der Waals surface area contributed by atoms with Gasteiger partial charge in [-0.05, 0) is 65.7 Å². The van der Waals surface area contributed by atoms with Crippen molar-refractivity contribution in [2.75, 3.05) is 42.5 Å². The maximum atomic E-state index is 15.1. The van der Waals surface area contributed by atoms with Gasteiger partial charge in [0.1, 0.15) is 5.82 Å². The molecule has 3 aromatic rings. The number of nitrogens with zero attached hydrogens (tertiary/aromatic N) is 3. The number of rotatable bonds is 5. The van der Waals surface area contributed by atoms with Crippen LogP contribution in [-0.4, -0.2) is 59.2 Å². The normalized spacial score (nSPS) is 21.5. The fourth-order valence-corrected chi connectivity index (χ4v) is 7.62. The van der Waals surface area contributed by atoms with Gasteiger partial charge in [-0.15, -0.1) is 0 Å². The Morgan fingerprint density at radius 3 is 2.45 bits per heavy atom. The van der Waals surface area contributed by atoms with Gasteiger partial charge in [-0.25, -0.2) is 4.39 Å². The maximum Gasteiger partial charge on any atom is 0.353 e. The van der Waals surface area contributed by atoms with Gasteiger partial charge < -0.3 is 19.7 Å². The Bertz CT molecular complexity index is 1620. The molecule has 0 bridgehead atoms. The number of likely N-dealkylation sites (tertiary alicyclic amines) is 1. The first-order valence-corrected chi connectivity index (χ1v) is 15.5. The van der Waals surface area contributed by atoms with Gasteiger partial charge >= 0.3 is 6.85 Å². The molecule has 2 atom stereocenters. The summed E-state index contributed by atoms with van der Waals surface area (Å²) in [6, 6.07) is 16.0. The Morgan fingerprint density at radius 1 is 1.02 bits per heavy atom. The van der Waals surface area contributed by atoms with Gasteiger partial charge in [-0.1, -0.05) is 71.2 Å². The van der Waals surface area contributed by atoms with Gasteiger partial charge in [-0.2, -0.15) is 0 Å². The number of piperidine rings is 1. The molecule has 1 N–H and O–H groups in total. The van der Waals surface area contributed by atoms with E-state index in [1.165, 1.54) is 12.5 Å². The zero-order valence-electron chi connectivity index (χ0n) is 22.5. The number of carbonyl (C=O) groups is 1. The highest BCUT2D eigenvalue weighted by Crippen LogP contribution is 2.51. The van der Waals surface area contributed by atoms with Crippen molar-refractivity contribution in [1.82, 2.24) is 4.90 Å². The number of alkyl halides is 3. The molecule has 0 spiro atoms. The lowest BCUT2D eigenvalue weighted by molar-refractivity contribution is 0.0362. The lowest BCUT2D eigenvalue weighted by Crippen LogP contribution is -2.52. The van der Waals surface area contributed by atoms with Crippen LogP contribution in [0.5, 0.6) is 0 Å². The third-order valence-electron chi connectivity index (χ3n) is 9.07. The monoisotopic (exact) mass is 643 g/mol. The van der Waals surface area contributed by atoms with E-state index in [4.69, 9.17) is 46.4 Å². The van der Waals surface area contributed by atoms with Crippen LogP contribution >= 0.6 is 46.4 Å². The summed E-state index contributed by atoms with van der Waals surface area (Å²) in [6.45, 7) is 6.41. The van der Waals surface area contributed by atoms with Gasteiger partial charge in [0.25, 0.3) is 5.91 Å². The Labute approximate surface area is 264 Å². The number of hydrogen-bond acceptors (Lipinski definition) is 4. The first kappa shape index (κ1) is 28.4. The molecule has 5 nitrogen and oxygen atoms in total. The van der Waals surface area contributed by atoms with Crippen molar-refractivity contribution in [3.8, 4) is 11.1 Å². The van der Waals surface area contributed by atoms with Crippen molar-refractivity contribution in [2.45, 2.75) is 10.1 Å². The van der Waals surface area contributed by atoms with Crippen molar-refractivity contribution in [2.24, 2.45) is 17.8 Å². The molecule has 216 valence electrons. The smallest absolute Gasteiger partial charge is 0.353 e. The lowest BCUT2D eigenvalue weighted by Gasteiger charge is -2.38. The van der Waals surface area contributed by atoms with Crippen LogP contribution in [0.3, 0.4) is 0 Å². The molecule has 42 heavy (non-hydrogen) atoms. The van der Waals surface area contributed by atoms with E-state index in [0.717, 1.165) is 35.6 Å². The van der Waals surface area contributed by atoms with E-state index in [9.17, 15) is 9.90 Å². The van der Waals surface area contributed by atoms with Crippen molar-refractivity contribution in [3.05, 3.63) is 83.1 Å². The van der Waals surface area contributed by atoms with Crippen LogP contribution in [0.4, 0.5) is 15.8 Å². The highest BCUT2D eigenvalue weighted by molar-refractivity contribution is 7.04. The van der Waals surface area contributed by atoms with E-state index in [0.29, 0.717) is 52.2 Å². The molecular formula is C31H27BCl4FN3O2. The fraction of sp³-hybridized carbons (Fsp3) is 0.323. The van der Waals surface area contributed by atoms with Gasteiger partial charge in [0, 0.05) is 66.1 Å². The zero-order chi connectivity index (χ0) is 29.5. The van der Waals surface area contributed by atoms with Gasteiger partial charge in [0.05, 0.1) is 11.4 Å². The molecule has 11 heteroatoms. The molecule has 2 saturated heterocycles. The molecule has 0 radical (unpaired) electrons. The standard InChI is InChI=1S/C31H27BCl4FN3O2/c1-17-29-24(3-2-4-26(29)37)32(31(34,35)36)40(17)27-8-6-19(11-28(27)38-14-21-9-22(21)15-38)23-10-20(5-7-25(23)33)30(42)39-12-18(13-39)16-41/h2-8,10-11,18,21-22,41H,1,9,12-16H2. The average Bonchev–Trinajstić information content (AvgIpc) is 3.40. The summed E-state index contributed by atoms with van der Waals surface area (Å²) in [4.78, 5) is 19.0. The number of fused-ring (bicyclic) bond motifs is 2. The topological polar surface area (TPSA) is 47.0 Å². The van der Waals surface area contributed by atoms with Crippen LogP contribution in [0.2, 0.25) is 5.02 Å². The van der Waals surface area contributed by atoms with Crippen molar-refractivity contribution >= 4 is 81.7 Å². The minimum absolute atomic E-state index is 0.0727. The van der Waals surface area contributed by atoms with E-state index in [-0.39, 0.29) is 18.4 Å². The van der Waals surface area contributed by atoms with E-state index in [1.54, 1.807) is 29.2 Å². The second kappa shape index (κ2) is 10.3. The summed E-state index contributed by atoms with van der Waals surface area (Å²) in [5.74, 6) is 0.906. The summed E-state index contributed by atoms with van der Waals surface area (Å²) in [6.07, 6.45) is 1.22. The van der Waals surface area contributed by atoms with Gasteiger partial charge in [0.15, 0.2) is 3.69 Å². The van der Waals surface area contributed by atoms with Crippen LogP contribution in [0, 0.1) is 23.6 Å². The lowest BCUT2D eigenvalue weighted by atomic mass is 9.57. The highest BCUT2D eigenvalue weighted by atomic mass is 35.6. The number of aliphatic hydroxyl groups excluding tert-OH is 1. The number of benzene rings is 3. The molecule has 3 fully saturated rings. The molecule has 1 amide bonds. The quantitative estimate of drug-likeness (QED) is 0.263. The summed E-state index contributed by atoms with van der Waals surface area (Å²) in [5.41, 5.74) is 5.12. The van der Waals surface area contributed by atoms with Crippen molar-refractivity contribution in [1.29, 1.82) is 0 Å². The van der Waals surface area contributed by atoms with Crippen molar-refractivity contribution < 1.29 is 14.3 Å².